The van der Waals surface area contributed by atoms with Crippen LogP contribution in [-0.2, 0) is 26.5 Å². The van der Waals surface area contributed by atoms with Gasteiger partial charge in [0.1, 0.15) is 16.4 Å². The van der Waals surface area contributed by atoms with Crippen molar-refractivity contribution in [2.24, 2.45) is 0 Å². The number of ether oxygens (including phenoxy) is 2. The SMILES string of the molecule is COc1ccc(OC)c(S(=O)(=O)Nc2ccc3c(c2)N(S(=O)(=O)c2ccc(C)cc2)CCC3)c1. The monoisotopic (exact) mass is 502 g/mol. The summed E-state index contributed by atoms with van der Waals surface area (Å²) in [7, 11) is -5.03. The molecule has 4 rings (SSSR count). The summed E-state index contributed by atoms with van der Waals surface area (Å²) in [6, 6.07) is 16.1. The van der Waals surface area contributed by atoms with Crippen molar-refractivity contribution in [3.05, 3.63) is 71.8 Å². The molecule has 1 aliphatic heterocycles. The average Bonchev–Trinajstić information content (AvgIpc) is 2.83. The second-order valence-electron chi connectivity index (χ2n) is 7.96. The number of nitrogens with zero attached hydrogens (tertiary/aromatic N) is 1. The van der Waals surface area contributed by atoms with E-state index in [2.05, 4.69) is 4.72 Å². The summed E-state index contributed by atoms with van der Waals surface area (Å²) in [6.07, 6.45) is 1.37. The normalized spacial score (nSPS) is 13.8. The predicted octanol–water partition coefficient (Wildman–Crippen LogP) is 3.95. The maximum absolute atomic E-state index is 13.4. The first-order valence-corrected chi connectivity index (χ1v) is 13.6. The van der Waals surface area contributed by atoms with Gasteiger partial charge in [-0.2, -0.15) is 0 Å². The number of anilines is 2. The van der Waals surface area contributed by atoms with Crippen LogP contribution in [0.4, 0.5) is 11.4 Å². The second kappa shape index (κ2) is 9.19. The molecular formula is C24H26N2O6S2. The van der Waals surface area contributed by atoms with Gasteiger partial charge in [0.2, 0.25) is 0 Å². The summed E-state index contributed by atoms with van der Waals surface area (Å²) < 4.78 is 67.4. The van der Waals surface area contributed by atoms with Crippen molar-refractivity contribution in [1.29, 1.82) is 0 Å². The highest BCUT2D eigenvalue weighted by Gasteiger charge is 2.30. The maximum atomic E-state index is 13.4. The van der Waals surface area contributed by atoms with Crippen LogP contribution in [0.15, 0.2) is 70.5 Å². The zero-order valence-electron chi connectivity index (χ0n) is 19.1. The summed E-state index contributed by atoms with van der Waals surface area (Å²) in [4.78, 5) is 0.106. The molecule has 8 nitrogen and oxygen atoms in total. The van der Waals surface area contributed by atoms with Crippen molar-refractivity contribution in [1.82, 2.24) is 0 Å². The van der Waals surface area contributed by atoms with E-state index in [0.717, 1.165) is 11.1 Å². The Kier molecular flexibility index (Phi) is 6.46. The minimum atomic E-state index is -4.05. The zero-order valence-corrected chi connectivity index (χ0v) is 20.7. The van der Waals surface area contributed by atoms with Gasteiger partial charge in [-0.1, -0.05) is 23.8 Å². The van der Waals surface area contributed by atoms with Crippen LogP contribution in [0.5, 0.6) is 11.5 Å². The van der Waals surface area contributed by atoms with E-state index in [0.29, 0.717) is 30.8 Å². The summed E-state index contributed by atoms with van der Waals surface area (Å²) in [5, 5.41) is 0. The molecule has 0 spiro atoms. The van der Waals surface area contributed by atoms with Crippen LogP contribution in [0, 0.1) is 6.92 Å². The molecule has 0 unspecified atom stereocenters. The lowest BCUT2D eigenvalue weighted by Gasteiger charge is -2.31. The van der Waals surface area contributed by atoms with Gasteiger partial charge in [0.15, 0.2) is 0 Å². The lowest BCUT2D eigenvalue weighted by molar-refractivity contribution is 0.392. The molecule has 1 heterocycles. The van der Waals surface area contributed by atoms with Crippen LogP contribution in [0.3, 0.4) is 0 Å². The Morgan fingerprint density at radius 3 is 2.29 bits per heavy atom. The van der Waals surface area contributed by atoms with E-state index in [1.807, 2.05) is 6.92 Å². The molecule has 180 valence electrons. The van der Waals surface area contributed by atoms with Crippen LogP contribution in [-0.4, -0.2) is 37.6 Å². The fourth-order valence-electron chi connectivity index (χ4n) is 3.90. The van der Waals surface area contributed by atoms with Gasteiger partial charge in [0.25, 0.3) is 20.0 Å². The first-order chi connectivity index (χ1) is 16.2. The number of nitrogens with one attached hydrogen (secondary N) is 1. The molecule has 3 aromatic carbocycles. The molecule has 0 bridgehead atoms. The predicted molar refractivity (Wildman–Crippen MR) is 131 cm³/mol. The smallest absolute Gasteiger partial charge is 0.265 e. The van der Waals surface area contributed by atoms with Crippen LogP contribution in [0.1, 0.15) is 17.5 Å². The van der Waals surface area contributed by atoms with Crippen LogP contribution in [0.2, 0.25) is 0 Å². The minimum Gasteiger partial charge on any atom is -0.497 e. The van der Waals surface area contributed by atoms with Gasteiger partial charge in [0.05, 0.1) is 30.5 Å². The fraction of sp³-hybridized carbons (Fsp3) is 0.250. The van der Waals surface area contributed by atoms with Gasteiger partial charge in [-0.3, -0.25) is 9.03 Å². The van der Waals surface area contributed by atoms with Crippen molar-refractivity contribution in [2.75, 3.05) is 29.8 Å². The Labute approximate surface area is 200 Å². The maximum Gasteiger partial charge on any atom is 0.265 e. The molecular weight excluding hydrogens is 476 g/mol. The molecule has 34 heavy (non-hydrogen) atoms. The van der Waals surface area contributed by atoms with E-state index in [-0.39, 0.29) is 21.2 Å². The van der Waals surface area contributed by atoms with Gasteiger partial charge in [-0.15, -0.1) is 0 Å². The third-order valence-corrected chi connectivity index (χ3v) is 8.91. The number of hydrogen-bond donors (Lipinski definition) is 1. The molecule has 1 N–H and O–H groups in total. The van der Waals surface area contributed by atoms with Gasteiger partial charge in [-0.25, -0.2) is 16.8 Å². The fourth-order valence-corrected chi connectivity index (χ4v) is 6.66. The molecule has 0 radical (unpaired) electrons. The number of methoxy groups -OCH3 is 2. The number of benzene rings is 3. The quantitative estimate of drug-likeness (QED) is 0.525. The minimum absolute atomic E-state index is 0.0868. The van der Waals surface area contributed by atoms with Gasteiger partial charge in [0, 0.05) is 12.6 Å². The van der Waals surface area contributed by atoms with E-state index >= 15 is 0 Å². The largest absolute Gasteiger partial charge is 0.497 e. The molecule has 0 atom stereocenters. The summed E-state index contributed by atoms with van der Waals surface area (Å²) in [6.45, 7) is 2.20. The zero-order chi connectivity index (χ0) is 24.5. The van der Waals surface area contributed by atoms with Crippen molar-refractivity contribution in [3.8, 4) is 11.5 Å². The van der Waals surface area contributed by atoms with Crippen molar-refractivity contribution < 1.29 is 26.3 Å². The average molecular weight is 503 g/mol. The highest BCUT2D eigenvalue weighted by molar-refractivity contribution is 7.93. The number of rotatable bonds is 7. The lowest BCUT2D eigenvalue weighted by atomic mass is 10.0. The van der Waals surface area contributed by atoms with E-state index in [1.165, 1.54) is 30.7 Å². The summed E-state index contributed by atoms with van der Waals surface area (Å²) in [5.74, 6) is 0.525. The first-order valence-electron chi connectivity index (χ1n) is 10.6. The molecule has 0 aliphatic carbocycles. The molecule has 0 saturated heterocycles. The molecule has 0 fully saturated rings. The van der Waals surface area contributed by atoms with Gasteiger partial charge >= 0.3 is 0 Å². The topological polar surface area (TPSA) is 102 Å². The van der Waals surface area contributed by atoms with E-state index in [9.17, 15) is 16.8 Å². The Morgan fingerprint density at radius 1 is 0.882 bits per heavy atom. The Bertz CT molecular complexity index is 1420. The summed E-state index contributed by atoms with van der Waals surface area (Å²) >= 11 is 0. The molecule has 10 heteroatoms. The number of hydrogen-bond acceptors (Lipinski definition) is 6. The van der Waals surface area contributed by atoms with Crippen LogP contribution < -0.4 is 18.5 Å². The number of fused-ring (bicyclic) bond motifs is 1. The van der Waals surface area contributed by atoms with Crippen LogP contribution >= 0.6 is 0 Å². The van der Waals surface area contributed by atoms with E-state index < -0.39 is 20.0 Å². The Hall–Kier alpha value is -3.24. The number of sulfonamides is 2. The van der Waals surface area contributed by atoms with E-state index in [1.54, 1.807) is 48.5 Å². The standard InChI is InChI=1S/C24H26N2O6S2/c1-17-6-11-21(12-7-17)34(29,30)26-14-4-5-18-8-9-19(15-22(18)26)25-33(27,28)24-16-20(31-2)10-13-23(24)32-3/h6-13,15-16,25H,4-5,14H2,1-3H3. The Balaban J connectivity index is 1.72. The van der Waals surface area contributed by atoms with Gasteiger partial charge in [-0.05, 0) is 61.7 Å². The van der Waals surface area contributed by atoms with Crippen LogP contribution in [0.25, 0.3) is 0 Å². The third kappa shape index (κ3) is 4.55. The third-order valence-electron chi connectivity index (χ3n) is 5.68. The molecule has 1 aliphatic rings. The molecule has 3 aromatic rings. The van der Waals surface area contributed by atoms with Crippen molar-refractivity contribution in [2.45, 2.75) is 29.6 Å². The second-order valence-corrected chi connectivity index (χ2v) is 11.5. The summed E-state index contributed by atoms with van der Waals surface area (Å²) in [5.41, 5.74) is 2.51. The molecule has 0 saturated carbocycles. The van der Waals surface area contributed by atoms with Crippen molar-refractivity contribution >= 4 is 31.4 Å². The Morgan fingerprint density at radius 2 is 1.62 bits per heavy atom. The first kappa shape index (κ1) is 23.9. The van der Waals surface area contributed by atoms with Gasteiger partial charge < -0.3 is 9.47 Å². The lowest BCUT2D eigenvalue weighted by Crippen LogP contribution is -2.35. The van der Waals surface area contributed by atoms with Crippen molar-refractivity contribution in [3.63, 3.8) is 0 Å². The highest BCUT2D eigenvalue weighted by atomic mass is 32.2. The van der Waals surface area contributed by atoms with E-state index in [4.69, 9.17) is 9.47 Å². The highest BCUT2D eigenvalue weighted by Crippen LogP contribution is 2.36. The molecule has 0 amide bonds. The number of aryl methyl sites for hydroxylation is 2. The molecule has 0 aromatic heterocycles.